The minimum atomic E-state index is 0.149. The summed E-state index contributed by atoms with van der Waals surface area (Å²) < 4.78 is 0. The lowest BCUT2D eigenvalue weighted by Crippen LogP contribution is -2.34. The second-order valence-corrected chi connectivity index (χ2v) is 5.04. The molecule has 1 aromatic heterocycles. The zero-order valence-corrected chi connectivity index (χ0v) is 10.8. The van der Waals surface area contributed by atoms with E-state index in [1.807, 2.05) is 0 Å². The maximum absolute atomic E-state index is 5.78. The first-order valence-corrected chi connectivity index (χ1v) is 6.15. The van der Waals surface area contributed by atoms with E-state index in [0.717, 1.165) is 12.5 Å². The van der Waals surface area contributed by atoms with Gasteiger partial charge in [0, 0.05) is 12.6 Å². The molecule has 16 heavy (non-hydrogen) atoms. The molecule has 4 nitrogen and oxygen atoms in total. The van der Waals surface area contributed by atoms with Crippen LogP contribution in [-0.4, -0.2) is 27.5 Å². The fourth-order valence-corrected chi connectivity index (χ4v) is 1.90. The third-order valence-corrected chi connectivity index (χ3v) is 2.94. The van der Waals surface area contributed by atoms with Crippen molar-refractivity contribution in [1.82, 2.24) is 15.0 Å². The first-order valence-electron chi connectivity index (χ1n) is 5.40. The molecule has 0 radical (unpaired) electrons. The van der Waals surface area contributed by atoms with Crippen LogP contribution in [0, 0.1) is 5.92 Å². The number of hydrogen-bond acceptors (Lipinski definition) is 4. The SMILES string of the molecule is CC(C)N(CC1CC1)c1nc(Cl)nc(Cl)n1. The van der Waals surface area contributed by atoms with Crippen LogP contribution in [0.5, 0.6) is 0 Å². The van der Waals surface area contributed by atoms with Crippen LogP contribution in [0.1, 0.15) is 26.7 Å². The fraction of sp³-hybridized carbons (Fsp3) is 0.700. The Morgan fingerprint density at radius 1 is 1.19 bits per heavy atom. The largest absolute Gasteiger partial charge is 0.338 e. The summed E-state index contributed by atoms with van der Waals surface area (Å²) in [4.78, 5) is 14.1. The molecule has 0 aromatic carbocycles. The predicted octanol–water partition coefficient (Wildman–Crippen LogP) is 2.80. The maximum Gasteiger partial charge on any atom is 0.231 e. The van der Waals surface area contributed by atoms with Gasteiger partial charge in [-0.15, -0.1) is 0 Å². The summed E-state index contributed by atoms with van der Waals surface area (Å²) in [6.45, 7) is 5.18. The van der Waals surface area contributed by atoms with E-state index in [-0.39, 0.29) is 10.6 Å². The van der Waals surface area contributed by atoms with E-state index in [2.05, 4.69) is 33.7 Å². The Morgan fingerprint density at radius 2 is 1.75 bits per heavy atom. The Bertz CT molecular complexity index is 359. The number of rotatable bonds is 4. The smallest absolute Gasteiger partial charge is 0.231 e. The van der Waals surface area contributed by atoms with Crippen LogP contribution in [0.15, 0.2) is 0 Å². The van der Waals surface area contributed by atoms with Crippen LogP contribution in [-0.2, 0) is 0 Å². The van der Waals surface area contributed by atoms with E-state index in [9.17, 15) is 0 Å². The fourth-order valence-electron chi connectivity index (χ4n) is 1.55. The van der Waals surface area contributed by atoms with Crippen molar-refractivity contribution < 1.29 is 0 Å². The van der Waals surface area contributed by atoms with Crippen molar-refractivity contribution in [2.45, 2.75) is 32.7 Å². The molecule has 1 saturated carbocycles. The van der Waals surface area contributed by atoms with Crippen molar-refractivity contribution in [3.8, 4) is 0 Å². The van der Waals surface area contributed by atoms with Crippen LogP contribution < -0.4 is 4.90 Å². The topological polar surface area (TPSA) is 41.9 Å². The highest BCUT2D eigenvalue weighted by atomic mass is 35.5. The number of hydrogen-bond donors (Lipinski definition) is 0. The third-order valence-electron chi connectivity index (χ3n) is 2.60. The minimum absolute atomic E-state index is 0.149. The molecule has 0 saturated heterocycles. The van der Waals surface area contributed by atoms with Gasteiger partial charge in [-0.2, -0.15) is 15.0 Å². The molecular weight excluding hydrogens is 247 g/mol. The van der Waals surface area contributed by atoms with E-state index >= 15 is 0 Å². The summed E-state index contributed by atoms with van der Waals surface area (Å²) in [5.41, 5.74) is 0. The monoisotopic (exact) mass is 260 g/mol. The second-order valence-electron chi connectivity index (χ2n) is 4.36. The van der Waals surface area contributed by atoms with Gasteiger partial charge in [-0.3, -0.25) is 0 Å². The number of anilines is 1. The lowest BCUT2D eigenvalue weighted by atomic mass is 10.3. The Morgan fingerprint density at radius 3 is 2.19 bits per heavy atom. The van der Waals surface area contributed by atoms with Crippen molar-refractivity contribution in [3.05, 3.63) is 10.6 Å². The molecule has 0 spiro atoms. The summed E-state index contributed by atoms with van der Waals surface area (Å²) in [7, 11) is 0. The lowest BCUT2D eigenvalue weighted by molar-refractivity contribution is 0.625. The Balaban J connectivity index is 2.22. The Kier molecular flexibility index (Phi) is 3.50. The van der Waals surface area contributed by atoms with Gasteiger partial charge in [0.15, 0.2) is 0 Å². The van der Waals surface area contributed by atoms with Crippen molar-refractivity contribution in [1.29, 1.82) is 0 Å². The predicted molar refractivity (Wildman–Crippen MR) is 65.1 cm³/mol. The van der Waals surface area contributed by atoms with E-state index in [1.165, 1.54) is 12.8 Å². The average Bonchev–Trinajstić information content (AvgIpc) is 2.95. The van der Waals surface area contributed by atoms with Crippen molar-refractivity contribution in [2.24, 2.45) is 5.92 Å². The van der Waals surface area contributed by atoms with Crippen LogP contribution in [0.3, 0.4) is 0 Å². The quantitative estimate of drug-likeness (QED) is 0.835. The molecule has 6 heteroatoms. The molecule has 0 atom stereocenters. The molecule has 0 aliphatic heterocycles. The Labute approximate surface area is 105 Å². The highest BCUT2D eigenvalue weighted by molar-refractivity contribution is 6.31. The molecule has 88 valence electrons. The van der Waals surface area contributed by atoms with Gasteiger partial charge < -0.3 is 4.90 Å². The molecule has 0 bridgehead atoms. The summed E-state index contributed by atoms with van der Waals surface area (Å²) in [6, 6.07) is 0.329. The summed E-state index contributed by atoms with van der Waals surface area (Å²) in [5, 5.41) is 0.299. The zero-order chi connectivity index (χ0) is 11.7. The first-order chi connectivity index (χ1) is 7.56. The second kappa shape index (κ2) is 4.72. The molecule has 1 aliphatic rings. The van der Waals surface area contributed by atoms with E-state index in [4.69, 9.17) is 23.2 Å². The molecule has 0 amide bonds. The normalized spacial score (nSPS) is 15.6. The molecule has 1 heterocycles. The Hall–Kier alpha value is -0.610. The number of halogens is 2. The maximum atomic E-state index is 5.78. The van der Waals surface area contributed by atoms with Gasteiger partial charge in [-0.1, -0.05) is 0 Å². The number of nitrogens with zero attached hydrogens (tertiary/aromatic N) is 4. The van der Waals surface area contributed by atoms with Crippen molar-refractivity contribution >= 4 is 29.2 Å². The van der Waals surface area contributed by atoms with Gasteiger partial charge in [-0.25, -0.2) is 0 Å². The average molecular weight is 261 g/mol. The molecule has 1 aromatic rings. The van der Waals surface area contributed by atoms with Gasteiger partial charge in [0.1, 0.15) is 0 Å². The van der Waals surface area contributed by atoms with Gasteiger partial charge in [0.05, 0.1) is 0 Å². The standard InChI is InChI=1S/C10H14Cl2N4/c1-6(2)16(5-7-3-4-7)10-14-8(11)13-9(12)15-10/h6-7H,3-5H2,1-2H3. The molecule has 2 rings (SSSR count). The van der Waals surface area contributed by atoms with E-state index in [1.54, 1.807) is 0 Å². The zero-order valence-electron chi connectivity index (χ0n) is 9.32. The highest BCUT2D eigenvalue weighted by Gasteiger charge is 2.27. The molecule has 1 aliphatic carbocycles. The molecule has 0 unspecified atom stereocenters. The highest BCUT2D eigenvalue weighted by Crippen LogP contribution is 2.31. The van der Waals surface area contributed by atoms with E-state index < -0.39 is 0 Å². The van der Waals surface area contributed by atoms with Crippen molar-refractivity contribution in [2.75, 3.05) is 11.4 Å². The van der Waals surface area contributed by atoms with E-state index in [0.29, 0.717) is 12.0 Å². The van der Waals surface area contributed by atoms with Gasteiger partial charge in [-0.05, 0) is 55.8 Å². The van der Waals surface area contributed by atoms with Crippen LogP contribution in [0.25, 0.3) is 0 Å². The summed E-state index contributed by atoms with van der Waals surface area (Å²) >= 11 is 11.6. The first kappa shape index (κ1) is 11.9. The van der Waals surface area contributed by atoms with Crippen LogP contribution >= 0.6 is 23.2 Å². The summed E-state index contributed by atoms with van der Waals surface area (Å²) in [6.07, 6.45) is 2.57. The van der Waals surface area contributed by atoms with Gasteiger partial charge in [0.2, 0.25) is 16.5 Å². The summed E-state index contributed by atoms with van der Waals surface area (Å²) in [5.74, 6) is 1.34. The molecular formula is C10H14Cl2N4. The number of aromatic nitrogens is 3. The minimum Gasteiger partial charge on any atom is -0.338 e. The third kappa shape index (κ3) is 2.95. The lowest BCUT2D eigenvalue weighted by Gasteiger charge is -2.26. The van der Waals surface area contributed by atoms with Crippen molar-refractivity contribution in [3.63, 3.8) is 0 Å². The molecule has 1 fully saturated rings. The van der Waals surface area contributed by atoms with Gasteiger partial charge >= 0.3 is 0 Å². The van der Waals surface area contributed by atoms with Crippen LogP contribution in [0.4, 0.5) is 5.95 Å². The van der Waals surface area contributed by atoms with Crippen LogP contribution in [0.2, 0.25) is 10.6 Å². The molecule has 0 N–H and O–H groups in total. The van der Waals surface area contributed by atoms with Gasteiger partial charge in [0.25, 0.3) is 0 Å².